The van der Waals surface area contributed by atoms with Crippen molar-refractivity contribution in [2.75, 3.05) is 20.8 Å². The van der Waals surface area contributed by atoms with Crippen molar-refractivity contribution in [2.24, 2.45) is 0 Å². The summed E-state index contributed by atoms with van der Waals surface area (Å²) in [5.74, 6) is -0.992. The Hall–Kier alpha value is -3.55. The van der Waals surface area contributed by atoms with E-state index in [4.69, 9.17) is 14.2 Å². The van der Waals surface area contributed by atoms with Gasteiger partial charge in [-0.3, -0.25) is 9.59 Å². The van der Waals surface area contributed by atoms with Gasteiger partial charge in [0.15, 0.2) is 11.5 Å². The van der Waals surface area contributed by atoms with Gasteiger partial charge in [0.2, 0.25) is 0 Å². The molecular formula is C25H31NO7. The summed E-state index contributed by atoms with van der Waals surface area (Å²) < 4.78 is 15.7. The number of ether oxygens (including phenoxy) is 3. The first-order valence-corrected chi connectivity index (χ1v) is 10.6. The highest BCUT2D eigenvalue weighted by Gasteiger charge is 2.25. The maximum absolute atomic E-state index is 13.1. The molecule has 0 spiro atoms. The van der Waals surface area contributed by atoms with E-state index in [-0.39, 0.29) is 18.6 Å². The van der Waals surface area contributed by atoms with Crippen molar-refractivity contribution in [3.05, 3.63) is 58.7 Å². The van der Waals surface area contributed by atoms with Crippen LogP contribution in [0.25, 0.3) is 0 Å². The Morgan fingerprint density at radius 1 is 1.00 bits per heavy atom. The lowest BCUT2D eigenvalue weighted by Crippen LogP contribution is -2.31. The third-order valence-electron chi connectivity index (χ3n) is 5.11. The lowest BCUT2D eigenvalue weighted by molar-refractivity contribution is -0.143. The lowest BCUT2D eigenvalue weighted by Gasteiger charge is -2.23. The molecule has 8 heteroatoms. The Balaban J connectivity index is 2.43. The van der Waals surface area contributed by atoms with E-state index < -0.39 is 29.3 Å². The van der Waals surface area contributed by atoms with Gasteiger partial charge in [-0.25, -0.2) is 4.79 Å². The minimum atomic E-state index is -1.06. The highest BCUT2D eigenvalue weighted by atomic mass is 16.5. The highest BCUT2D eigenvalue weighted by Crippen LogP contribution is 2.32. The minimum absolute atomic E-state index is 0.0889. The molecular weight excluding hydrogens is 426 g/mol. The van der Waals surface area contributed by atoms with E-state index in [1.54, 1.807) is 31.2 Å². The molecule has 0 saturated heterocycles. The van der Waals surface area contributed by atoms with Crippen LogP contribution in [0.15, 0.2) is 36.4 Å². The molecule has 2 rings (SSSR count). The Kier molecular flexibility index (Phi) is 8.45. The first kappa shape index (κ1) is 25.7. The number of rotatable bonds is 9. The Morgan fingerprint density at radius 3 is 2.21 bits per heavy atom. The van der Waals surface area contributed by atoms with Gasteiger partial charge in [-0.05, 0) is 53.8 Å². The molecule has 178 valence electrons. The molecule has 0 fully saturated rings. The molecule has 0 aliphatic heterocycles. The van der Waals surface area contributed by atoms with Crippen LogP contribution in [-0.2, 0) is 14.9 Å². The number of carbonyl (C=O) groups excluding carboxylic acids is 2. The standard InChI is InChI=1S/C25H31NO7/c1-7-33-22(27)14-19(15-9-11-20(31-5)21(13-15)32-6)26-23(28)16-8-10-17(24(29)30)18(12-16)25(2,3)4/h8-13,19H,7,14H2,1-6H3,(H,26,28)(H,29,30). The van der Waals surface area contributed by atoms with E-state index in [1.807, 2.05) is 20.8 Å². The molecule has 0 aromatic heterocycles. The van der Waals surface area contributed by atoms with Gasteiger partial charge in [0.05, 0.1) is 38.9 Å². The van der Waals surface area contributed by atoms with Crippen LogP contribution >= 0.6 is 0 Å². The van der Waals surface area contributed by atoms with Crippen molar-refractivity contribution < 1.29 is 33.7 Å². The molecule has 0 heterocycles. The van der Waals surface area contributed by atoms with Crippen LogP contribution in [0, 0.1) is 0 Å². The van der Waals surface area contributed by atoms with Crippen LogP contribution < -0.4 is 14.8 Å². The number of methoxy groups -OCH3 is 2. The second-order valence-corrected chi connectivity index (χ2v) is 8.47. The van der Waals surface area contributed by atoms with E-state index in [0.29, 0.717) is 28.2 Å². The number of hydrogen-bond donors (Lipinski definition) is 2. The van der Waals surface area contributed by atoms with Crippen LogP contribution in [0.2, 0.25) is 0 Å². The minimum Gasteiger partial charge on any atom is -0.493 e. The molecule has 33 heavy (non-hydrogen) atoms. The van der Waals surface area contributed by atoms with E-state index in [2.05, 4.69) is 5.32 Å². The topological polar surface area (TPSA) is 111 Å². The summed E-state index contributed by atoms with van der Waals surface area (Å²) in [5, 5.41) is 12.4. The molecule has 1 amide bonds. The largest absolute Gasteiger partial charge is 0.493 e. The normalized spacial score (nSPS) is 11.9. The fourth-order valence-electron chi connectivity index (χ4n) is 3.44. The summed E-state index contributed by atoms with van der Waals surface area (Å²) in [6.07, 6.45) is -0.0889. The van der Waals surface area contributed by atoms with Gasteiger partial charge < -0.3 is 24.6 Å². The Morgan fingerprint density at radius 2 is 1.67 bits per heavy atom. The summed E-state index contributed by atoms with van der Waals surface area (Å²) in [6.45, 7) is 7.56. The van der Waals surface area contributed by atoms with Crippen LogP contribution in [-0.4, -0.2) is 43.8 Å². The summed E-state index contributed by atoms with van der Waals surface area (Å²) >= 11 is 0. The second kappa shape index (κ2) is 10.8. The zero-order valence-electron chi connectivity index (χ0n) is 19.9. The number of carbonyl (C=O) groups is 3. The molecule has 0 aliphatic rings. The molecule has 0 radical (unpaired) electrons. The van der Waals surface area contributed by atoms with Crippen molar-refractivity contribution in [2.45, 2.75) is 45.6 Å². The first-order chi connectivity index (χ1) is 15.5. The van der Waals surface area contributed by atoms with Crippen molar-refractivity contribution in [3.63, 3.8) is 0 Å². The molecule has 8 nitrogen and oxygen atoms in total. The number of amides is 1. The Labute approximate surface area is 193 Å². The van der Waals surface area contributed by atoms with Crippen molar-refractivity contribution in [1.29, 1.82) is 0 Å². The van der Waals surface area contributed by atoms with Gasteiger partial charge in [-0.2, -0.15) is 0 Å². The second-order valence-electron chi connectivity index (χ2n) is 8.47. The summed E-state index contributed by atoms with van der Waals surface area (Å²) in [7, 11) is 3.02. The molecule has 1 unspecified atom stereocenters. The van der Waals surface area contributed by atoms with E-state index in [9.17, 15) is 19.5 Å². The van der Waals surface area contributed by atoms with Crippen LogP contribution in [0.3, 0.4) is 0 Å². The Bertz CT molecular complexity index is 1020. The van der Waals surface area contributed by atoms with Crippen molar-refractivity contribution in [1.82, 2.24) is 5.32 Å². The van der Waals surface area contributed by atoms with Gasteiger partial charge in [-0.15, -0.1) is 0 Å². The molecule has 2 aromatic rings. The van der Waals surface area contributed by atoms with Crippen LogP contribution in [0.1, 0.15) is 72.0 Å². The number of nitrogens with one attached hydrogen (secondary N) is 1. The first-order valence-electron chi connectivity index (χ1n) is 10.6. The zero-order chi connectivity index (χ0) is 24.8. The lowest BCUT2D eigenvalue weighted by atomic mass is 9.82. The maximum Gasteiger partial charge on any atom is 0.335 e. The van der Waals surface area contributed by atoms with Crippen molar-refractivity contribution >= 4 is 17.8 Å². The van der Waals surface area contributed by atoms with Crippen molar-refractivity contribution in [3.8, 4) is 11.5 Å². The molecule has 0 aliphatic carbocycles. The van der Waals surface area contributed by atoms with Crippen LogP contribution in [0.4, 0.5) is 0 Å². The molecule has 1 atom stereocenters. The quantitative estimate of drug-likeness (QED) is 0.545. The monoisotopic (exact) mass is 457 g/mol. The average molecular weight is 458 g/mol. The number of esters is 1. The van der Waals surface area contributed by atoms with Gasteiger partial charge in [0.1, 0.15) is 0 Å². The zero-order valence-corrected chi connectivity index (χ0v) is 19.9. The van der Waals surface area contributed by atoms with E-state index >= 15 is 0 Å². The molecule has 0 saturated carbocycles. The number of aromatic carboxylic acids is 1. The SMILES string of the molecule is CCOC(=O)CC(NC(=O)c1ccc(C(=O)O)c(C(C)(C)C)c1)c1ccc(OC)c(OC)c1. The molecule has 0 bridgehead atoms. The summed E-state index contributed by atoms with van der Waals surface area (Å²) in [4.78, 5) is 37.0. The fraction of sp³-hybridized carbons (Fsp3) is 0.400. The van der Waals surface area contributed by atoms with Gasteiger partial charge in [-0.1, -0.05) is 26.8 Å². The van der Waals surface area contributed by atoms with Gasteiger partial charge in [0.25, 0.3) is 5.91 Å². The third-order valence-corrected chi connectivity index (χ3v) is 5.11. The van der Waals surface area contributed by atoms with E-state index in [0.717, 1.165) is 0 Å². The molecule has 2 N–H and O–H groups in total. The third kappa shape index (κ3) is 6.47. The highest BCUT2D eigenvalue weighted by molar-refractivity contribution is 5.97. The van der Waals surface area contributed by atoms with E-state index in [1.165, 1.54) is 26.4 Å². The van der Waals surface area contributed by atoms with Gasteiger partial charge in [0, 0.05) is 5.56 Å². The van der Waals surface area contributed by atoms with Gasteiger partial charge >= 0.3 is 11.9 Å². The number of hydrogen-bond acceptors (Lipinski definition) is 6. The average Bonchev–Trinajstić information content (AvgIpc) is 2.77. The summed E-state index contributed by atoms with van der Waals surface area (Å²) in [6, 6.07) is 8.88. The number of benzene rings is 2. The number of carboxylic acids is 1. The smallest absolute Gasteiger partial charge is 0.335 e. The predicted octanol–water partition coefficient (Wildman–Crippen LogP) is 4.12. The predicted molar refractivity (Wildman–Crippen MR) is 123 cm³/mol. The maximum atomic E-state index is 13.1. The summed E-state index contributed by atoms with van der Waals surface area (Å²) in [5.41, 5.74) is 1.11. The van der Waals surface area contributed by atoms with Crippen LogP contribution in [0.5, 0.6) is 11.5 Å². The fourth-order valence-corrected chi connectivity index (χ4v) is 3.44. The molecule has 2 aromatic carbocycles. The number of carboxylic acid groups (broad SMARTS) is 1.